The number of hydrogen-bond acceptors (Lipinski definition) is 8. The molecule has 0 radical (unpaired) electrons. The fourth-order valence-corrected chi connectivity index (χ4v) is 7.69. The molecule has 1 aromatic rings. The van der Waals surface area contributed by atoms with Gasteiger partial charge in [0.25, 0.3) is 0 Å². The average Bonchev–Trinajstić information content (AvgIpc) is 3.73. The molecule has 1 aromatic carbocycles. The highest BCUT2D eigenvalue weighted by atomic mass is 16.6. The van der Waals surface area contributed by atoms with E-state index >= 15 is 0 Å². The molecule has 5 rings (SSSR count). The smallest absolute Gasteiger partial charge is 0.310 e. The molecule has 1 aliphatic heterocycles. The van der Waals surface area contributed by atoms with E-state index in [1.54, 1.807) is 0 Å². The van der Waals surface area contributed by atoms with Gasteiger partial charge in [-0.15, -0.1) is 0 Å². The minimum Gasteiger partial charge on any atom is -0.461 e. The lowest BCUT2D eigenvalue weighted by atomic mass is 9.74. The first kappa shape index (κ1) is 28.8. The van der Waals surface area contributed by atoms with Gasteiger partial charge in [-0.1, -0.05) is 57.2 Å². The van der Waals surface area contributed by atoms with Gasteiger partial charge >= 0.3 is 17.9 Å². The molecule has 1 heterocycles. The van der Waals surface area contributed by atoms with Crippen LogP contribution in [0.15, 0.2) is 42.0 Å². The van der Waals surface area contributed by atoms with Crippen molar-refractivity contribution in [1.29, 1.82) is 0 Å². The predicted molar refractivity (Wildman–Crippen MR) is 146 cm³/mol. The first-order valence-corrected chi connectivity index (χ1v) is 14.4. The van der Waals surface area contributed by atoms with E-state index in [1.807, 2.05) is 44.2 Å². The maximum absolute atomic E-state index is 13.2. The van der Waals surface area contributed by atoms with Crippen LogP contribution >= 0.6 is 0 Å². The zero-order valence-electron chi connectivity index (χ0n) is 24.3. The summed E-state index contributed by atoms with van der Waals surface area (Å²) in [6, 6.07) is 9.31. The Bertz CT molecular complexity index is 1180. The number of epoxide rings is 1. The number of aliphatic hydroxyl groups is 1. The van der Waals surface area contributed by atoms with Crippen molar-refractivity contribution in [1.82, 2.24) is 0 Å². The van der Waals surface area contributed by atoms with Gasteiger partial charge in [-0.05, 0) is 60.5 Å². The Kier molecular flexibility index (Phi) is 7.41. The van der Waals surface area contributed by atoms with E-state index in [0.717, 1.165) is 17.6 Å². The molecule has 8 heteroatoms. The summed E-state index contributed by atoms with van der Waals surface area (Å²) in [5, 5.41) is 12.7. The van der Waals surface area contributed by atoms with Gasteiger partial charge in [-0.3, -0.25) is 14.4 Å². The van der Waals surface area contributed by atoms with Crippen LogP contribution in [0.5, 0.6) is 0 Å². The van der Waals surface area contributed by atoms with Gasteiger partial charge in [0.1, 0.15) is 23.4 Å². The maximum atomic E-state index is 13.2. The number of esters is 3. The number of allylic oxidation sites excluding steroid dienone is 1. The number of carbonyl (C=O) groups excluding carboxylic acids is 3. The summed E-state index contributed by atoms with van der Waals surface area (Å²) >= 11 is 0. The molecule has 0 amide bonds. The molecule has 0 bridgehead atoms. The number of ether oxygens (including phenoxy) is 4. The summed E-state index contributed by atoms with van der Waals surface area (Å²) in [4.78, 5) is 38.2. The van der Waals surface area contributed by atoms with E-state index in [9.17, 15) is 19.5 Å². The van der Waals surface area contributed by atoms with Crippen LogP contribution < -0.4 is 0 Å². The molecule has 218 valence electrons. The molecule has 1 N–H and O–H groups in total. The van der Waals surface area contributed by atoms with E-state index in [2.05, 4.69) is 19.9 Å². The second kappa shape index (κ2) is 10.3. The second-order valence-electron chi connectivity index (χ2n) is 13.1. The van der Waals surface area contributed by atoms with Crippen LogP contribution in [-0.2, 0) is 39.8 Å². The summed E-state index contributed by atoms with van der Waals surface area (Å²) in [6.07, 6.45) is 1.22. The summed E-state index contributed by atoms with van der Waals surface area (Å²) in [7, 11) is 0. The Morgan fingerprint density at radius 3 is 2.30 bits per heavy atom. The molecule has 9 atom stereocenters. The predicted octanol–water partition coefficient (Wildman–Crippen LogP) is 4.17. The zero-order chi connectivity index (χ0) is 29.0. The molecule has 4 aliphatic rings. The highest BCUT2D eigenvalue weighted by Gasteiger charge is 2.70. The number of hydrogen-bond donors (Lipinski definition) is 1. The quantitative estimate of drug-likeness (QED) is 0.250. The molecular formula is C32H42O8. The minimum absolute atomic E-state index is 0.0503. The lowest BCUT2D eigenvalue weighted by molar-refractivity contribution is -0.194. The fraction of sp³-hybridized carbons (Fsp3) is 0.656. The van der Waals surface area contributed by atoms with Crippen LogP contribution in [0, 0.1) is 29.1 Å². The lowest BCUT2D eigenvalue weighted by Gasteiger charge is -2.43. The third-order valence-electron chi connectivity index (χ3n) is 9.86. The normalized spacial score (nSPS) is 40.9. The third-order valence-corrected chi connectivity index (χ3v) is 9.86. The fourth-order valence-electron chi connectivity index (χ4n) is 7.69. The Morgan fingerprint density at radius 2 is 1.70 bits per heavy atom. The van der Waals surface area contributed by atoms with Gasteiger partial charge in [0, 0.05) is 13.8 Å². The maximum Gasteiger partial charge on any atom is 0.310 e. The van der Waals surface area contributed by atoms with Gasteiger partial charge in [0.15, 0.2) is 6.10 Å². The zero-order valence-corrected chi connectivity index (χ0v) is 24.3. The van der Waals surface area contributed by atoms with E-state index in [4.69, 9.17) is 18.9 Å². The van der Waals surface area contributed by atoms with E-state index in [0.29, 0.717) is 18.9 Å². The van der Waals surface area contributed by atoms with E-state index in [-0.39, 0.29) is 30.1 Å². The van der Waals surface area contributed by atoms with Crippen molar-refractivity contribution >= 4 is 17.9 Å². The third kappa shape index (κ3) is 5.20. The summed E-state index contributed by atoms with van der Waals surface area (Å²) in [5.41, 5.74) is -0.856. The van der Waals surface area contributed by atoms with Gasteiger partial charge in [-0.25, -0.2) is 0 Å². The highest BCUT2D eigenvalue weighted by Crippen LogP contribution is 2.64. The molecule has 40 heavy (non-hydrogen) atoms. The highest BCUT2D eigenvalue weighted by molar-refractivity contribution is 5.73. The molecule has 1 spiro atoms. The molecular weight excluding hydrogens is 512 g/mol. The molecule has 1 saturated heterocycles. The largest absolute Gasteiger partial charge is 0.461 e. The van der Waals surface area contributed by atoms with Crippen molar-refractivity contribution < 1.29 is 38.4 Å². The van der Waals surface area contributed by atoms with Crippen molar-refractivity contribution in [2.24, 2.45) is 29.1 Å². The van der Waals surface area contributed by atoms with Crippen molar-refractivity contribution in [3.8, 4) is 0 Å². The van der Waals surface area contributed by atoms with Crippen LogP contribution in [0.1, 0.15) is 66.4 Å². The first-order chi connectivity index (χ1) is 18.8. The van der Waals surface area contributed by atoms with Crippen LogP contribution in [-0.4, -0.2) is 59.1 Å². The summed E-state index contributed by atoms with van der Waals surface area (Å²) in [5.74, 6) is -2.01. The topological polar surface area (TPSA) is 112 Å². The molecule has 8 nitrogen and oxygen atoms in total. The molecule has 3 aliphatic carbocycles. The Labute approximate surface area is 236 Å². The molecule has 0 aromatic heterocycles. The Morgan fingerprint density at radius 1 is 1.05 bits per heavy atom. The lowest BCUT2D eigenvalue weighted by Crippen LogP contribution is -2.58. The van der Waals surface area contributed by atoms with Crippen molar-refractivity contribution in [3.63, 3.8) is 0 Å². The summed E-state index contributed by atoms with van der Waals surface area (Å²) < 4.78 is 24.1. The number of rotatable bonds is 5. The number of fused-ring (bicyclic) bond motifs is 2. The van der Waals surface area contributed by atoms with E-state index < -0.39 is 53.3 Å². The SMILES string of the molecule is CC(=O)OC1[C@H]2[C@@H](OC(=O)Cc3ccccc3)[C@@H](C)C[C@]2(O)[C@@H](OC(C)=O)/C(C)=C/[C@@H]2[C@H](CC[C@]13CO3)C2(C)C. The Balaban J connectivity index is 1.59. The van der Waals surface area contributed by atoms with Crippen molar-refractivity contribution in [3.05, 3.63) is 47.5 Å². The van der Waals surface area contributed by atoms with Gasteiger partial charge in [0.05, 0.1) is 18.9 Å². The van der Waals surface area contributed by atoms with Crippen LogP contribution in [0.3, 0.4) is 0 Å². The van der Waals surface area contributed by atoms with Crippen LogP contribution in [0.2, 0.25) is 0 Å². The van der Waals surface area contributed by atoms with E-state index in [1.165, 1.54) is 13.8 Å². The second-order valence-corrected chi connectivity index (χ2v) is 13.1. The molecule has 2 saturated carbocycles. The van der Waals surface area contributed by atoms with Crippen molar-refractivity contribution in [2.75, 3.05) is 6.61 Å². The average molecular weight is 555 g/mol. The standard InChI is InChI=1S/C32H42O8/c1-18-14-24-23(30(24,5)6)12-13-31(17-37-31)29(39-21(4)34)26-27(40-25(35)15-22-10-8-7-9-11-22)19(2)16-32(26,36)28(18)38-20(3)33/h7-11,14,19,23-24,26-29,36H,12-13,15-17H2,1-6H3/b18-14+/t19-,23-,24+,26+,27-,28-,29?,31-,32+/m0/s1. The van der Waals surface area contributed by atoms with Gasteiger partial charge in [0.2, 0.25) is 0 Å². The van der Waals surface area contributed by atoms with Gasteiger partial charge < -0.3 is 24.1 Å². The van der Waals surface area contributed by atoms with Crippen molar-refractivity contribution in [2.45, 2.75) is 96.7 Å². The van der Waals surface area contributed by atoms with Crippen LogP contribution in [0.25, 0.3) is 0 Å². The monoisotopic (exact) mass is 554 g/mol. The summed E-state index contributed by atoms with van der Waals surface area (Å²) in [6.45, 7) is 11.3. The minimum atomic E-state index is -1.67. The molecule has 3 fully saturated rings. The molecule has 1 unspecified atom stereocenters. The number of benzene rings is 1. The Hall–Kier alpha value is -2.71. The van der Waals surface area contributed by atoms with Crippen LogP contribution in [0.4, 0.5) is 0 Å². The van der Waals surface area contributed by atoms with Gasteiger partial charge in [-0.2, -0.15) is 0 Å². The number of carbonyl (C=O) groups is 3. The first-order valence-electron chi connectivity index (χ1n) is 14.4.